The summed E-state index contributed by atoms with van der Waals surface area (Å²) in [4.78, 5) is 9.76. The summed E-state index contributed by atoms with van der Waals surface area (Å²) in [5, 5.41) is 34.1. The molecule has 0 rings (SSSR count). The van der Waals surface area contributed by atoms with E-state index in [-0.39, 0.29) is 11.0 Å². The van der Waals surface area contributed by atoms with E-state index < -0.39 is 24.9 Å². The largest absolute Gasteiger partial charge is 0.394 e. The molecule has 0 spiro atoms. The molecule has 0 radical (unpaired) electrons. The van der Waals surface area contributed by atoms with Crippen LogP contribution in [-0.4, -0.2) is 51.6 Å². The van der Waals surface area contributed by atoms with E-state index in [0.717, 1.165) is 0 Å². The van der Waals surface area contributed by atoms with Crippen molar-refractivity contribution in [3.63, 3.8) is 0 Å². The van der Waals surface area contributed by atoms with E-state index in [1.165, 1.54) is 0 Å². The second-order valence-electron chi connectivity index (χ2n) is 1.87. The summed E-state index contributed by atoms with van der Waals surface area (Å²) < 4.78 is 0. The first kappa shape index (κ1) is 13.1. The molecule has 0 bridgehead atoms. The number of hydrogen-bond donors (Lipinski definition) is 4. The summed E-state index contributed by atoms with van der Waals surface area (Å²) in [6.45, 7) is -0.688. The Kier molecular flexibility index (Phi) is 7.33. The van der Waals surface area contributed by atoms with E-state index in [2.05, 4.69) is 0 Å². The number of aldehydes is 1. The molecule has 4 N–H and O–H groups in total. The van der Waals surface area contributed by atoms with Gasteiger partial charge in [0.1, 0.15) is 18.3 Å². The average Bonchev–Trinajstić information content (AvgIpc) is 2.00. The Hall–Kier alpha value is -0.560. The Labute approximate surface area is 62.3 Å². The SMILES string of the molecule is F.O=CC(O)C(O)C(O)CO. The summed E-state index contributed by atoms with van der Waals surface area (Å²) in [5.41, 5.74) is 0. The van der Waals surface area contributed by atoms with Crippen LogP contribution in [0.2, 0.25) is 0 Å². The minimum Gasteiger partial charge on any atom is -0.394 e. The van der Waals surface area contributed by atoms with Crippen molar-refractivity contribution in [2.75, 3.05) is 6.61 Å². The Morgan fingerprint density at radius 3 is 2.00 bits per heavy atom. The van der Waals surface area contributed by atoms with Crippen molar-refractivity contribution in [2.45, 2.75) is 18.3 Å². The molecule has 6 heteroatoms. The second kappa shape index (κ2) is 6.17. The van der Waals surface area contributed by atoms with Crippen LogP contribution in [0.4, 0.5) is 4.70 Å². The molecule has 0 aromatic rings. The van der Waals surface area contributed by atoms with Gasteiger partial charge in [-0.15, -0.1) is 0 Å². The molecule has 3 unspecified atom stereocenters. The molecule has 0 amide bonds. The summed E-state index contributed by atoms with van der Waals surface area (Å²) in [6.07, 6.45) is -4.63. The highest BCUT2D eigenvalue weighted by atomic mass is 19.0. The van der Waals surface area contributed by atoms with Crippen LogP contribution in [0.5, 0.6) is 0 Å². The van der Waals surface area contributed by atoms with Crippen molar-refractivity contribution < 1.29 is 29.9 Å². The van der Waals surface area contributed by atoms with Gasteiger partial charge in [-0.25, -0.2) is 0 Å². The Morgan fingerprint density at radius 2 is 1.73 bits per heavy atom. The molecule has 0 aliphatic rings. The summed E-state index contributed by atoms with van der Waals surface area (Å²) in [5.74, 6) is 0. The van der Waals surface area contributed by atoms with Crippen LogP contribution in [0.15, 0.2) is 0 Å². The zero-order chi connectivity index (χ0) is 8.15. The van der Waals surface area contributed by atoms with Gasteiger partial charge in [0.2, 0.25) is 0 Å². The molecule has 0 aliphatic heterocycles. The molecule has 5 nitrogen and oxygen atoms in total. The summed E-state index contributed by atoms with van der Waals surface area (Å²) >= 11 is 0. The third-order valence-corrected chi connectivity index (χ3v) is 1.07. The maximum Gasteiger partial charge on any atom is 0.151 e. The van der Waals surface area contributed by atoms with Gasteiger partial charge in [0, 0.05) is 0 Å². The maximum atomic E-state index is 9.76. The lowest BCUT2D eigenvalue weighted by Gasteiger charge is -2.16. The first-order valence-corrected chi connectivity index (χ1v) is 2.73. The number of halogens is 1. The lowest BCUT2D eigenvalue weighted by atomic mass is 10.1. The fourth-order valence-corrected chi connectivity index (χ4v) is 0.416. The van der Waals surface area contributed by atoms with E-state index in [4.69, 9.17) is 20.4 Å². The third kappa shape index (κ3) is 3.99. The van der Waals surface area contributed by atoms with Crippen LogP contribution in [0.1, 0.15) is 0 Å². The van der Waals surface area contributed by atoms with E-state index in [1.807, 2.05) is 0 Å². The highest BCUT2D eigenvalue weighted by Gasteiger charge is 2.22. The van der Waals surface area contributed by atoms with E-state index >= 15 is 0 Å². The minimum absolute atomic E-state index is 0. The first-order valence-electron chi connectivity index (χ1n) is 2.73. The highest BCUT2D eigenvalue weighted by molar-refractivity contribution is 5.56. The van der Waals surface area contributed by atoms with Gasteiger partial charge in [-0.2, -0.15) is 0 Å². The fraction of sp³-hybridized carbons (Fsp3) is 0.800. The van der Waals surface area contributed by atoms with Crippen molar-refractivity contribution in [1.82, 2.24) is 0 Å². The molecule has 0 saturated heterocycles. The summed E-state index contributed by atoms with van der Waals surface area (Å²) in [6, 6.07) is 0. The van der Waals surface area contributed by atoms with Gasteiger partial charge in [-0.05, 0) is 0 Å². The topological polar surface area (TPSA) is 98.0 Å². The van der Waals surface area contributed by atoms with Gasteiger partial charge in [-0.3, -0.25) is 4.70 Å². The molecule has 11 heavy (non-hydrogen) atoms. The first-order chi connectivity index (χ1) is 4.63. The number of aliphatic hydroxyl groups is 4. The number of carbonyl (C=O) groups is 1. The number of hydrogen-bond acceptors (Lipinski definition) is 5. The van der Waals surface area contributed by atoms with Crippen LogP contribution in [0, 0.1) is 0 Å². The normalized spacial score (nSPS) is 17.8. The monoisotopic (exact) mass is 170 g/mol. The van der Waals surface area contributed by atoms with Gasteiger partial charge in [0.15, 0.2) is 6.29 Å². The molecule has 0 aromatic heterocycles. The predicted molar refractivity (Wildman–Crippen MR) is 33.7 cm³/mol. The Balaban J connectivity index is 0. The zero-order valence-corrected chi connectivity index (χ0v) is 5.62. The number of rotatable bonds is 4. The molecule has 3 atom stereocenters. The quantitative estimate of drug-likeness (QED) is 0.347. The lowest BCUT2D eigenvalue weighted by molar-refractivity contribution is -0.127. The van der Waals surface area contributed by atoms with Crippen LogP contribution >= 0.6 is 0 Å². The zero-order valence-electron chi connectivity index (χ0n) is 5.62. The Bertz CT molecular complexity index is 109. The second-order valence-corrected chi connectivity index (χ2v) is 1.87. The van der Waals surface area contributed by atoms with Gasteiger partial charge in [0.05, 0.1) is 6.61 Å². The third-order valence-electron chi connectivity index (χ3n) is 1.07. The molecule has 0 heterocycles. The standard InChI is InChI=1S/C5H10O5.FH/c6-1-3(8)5(10)4(9)2-7;/h1,3-5,7-10H,2H2;1H. The van der Waals surface area contributed by atoms with Crippen LogP contribution in [0.3, 0.4) is 0 Å². The van der Waals surface area contributed by atoms with Crippen molar-refractivity contribution in [2.24, 2.45) is 0 Å². The molecular weight excluding hydrogens is 159 g/mol. The smallest absolute Gasteiger partial charge is 0.151 e. The molecule has 0 aromatic carbocycles. The lowest BCUT2D eigenvalue weighted by Crippen LogP contribution is -2.40. The Morgan fingerprint density at radius 1 is 1.27 bits per heavy atom. The summed E-state index contributed by atoms with van der Waals surface area (Å²) in [7, 11) is 0. The molecule has 68 valence electrons. The molecular formula is C5H11FO5. The molecule has 0 aliphatic carbocycles. The van der Waals surface area contributed by atoms with Gasteiger partial charge in [-0.1, -0.05) is 0 Å². The van der Waals surface area contributed by atoms with E-state index in [0.29, 0.717) is 0 Å². The fourth-order valence-electron chi connectivity index (χ4n) is 0.416. The van der Waals surface area contributed by atoms with Crippen molar-refractivity contribution in [3.8, 4) is 0 Å². The highest BCUT2D eigenvalue weighted by Crippen LogP contribution is 1.96. The van der Waals surface area contributed by atoms with Crippen molar-refractivity contribution >= 4 is 6.29 Å². The maximum absolute atomic E-state index is 9.76. The van der Waals surface area contributed by atoms with E-state index in [1.54, 1.807) is 0 Å². The van der Waals surface area contributed by atoms with Crippen LogP contribution in [-0.2, 0) is 4.79 Å². The van der Waals surface area contributed by atoms with E-state index in [9.17, 15) is 4.79 Å². The van der Waals surface area contributed by atoms with Crippen LogP contribution < -0.4 is 0 Å². The number of aliphatic hydroxyl groups excluding tert-OH is 4. The van der Waals surface area contributed by atoms with Crippen LogP contribution in [0.25, 0.3) is 0 Å². The number of carbonyl (C=O) groups excluding carboxylic acids is 1. The van der Waals surface area contributed by atoms with Crippen molar-refractivity contribution in [3.05, 3.63) is 0 Å². The molecule has 0 saturated carbocycles. The average molecular weight is 170 g/mol. The molecule has 0 fully saturated rings. The predicted octanol–water partition coefficient (Wildman–Crippen LogP) is -2.59. The van der Waals surface area contributed by atoms with Gasteiger partial charge in [0.25, 0.3) is 0 Å². The van der Waals surface area contributed by atoms with Crippen molar-refractivity contribution in [1.29, 1.82) is 0 Å². The van der Waals surface area contributed by atoms with Gasteiger partial charge >= 0.3 is 0 Å². The van der Waals surface area contributed by atoms with Gasteiger partial charge < -0.3 is 25.2 Å². The minimum atomic E-state index is -1.64.